The molecule has 0 aliphatic heterocycles. The molecule has 5 nitrogen and oxygen atoms in total. The first-order valence-electron chi connectivity index (χ1n) is 7.03. The first-order valence-corrected chi connectivity index (χ1v) is 7.03. The van der Waals surface area contributed by atoms with Gasteiger partial charge in [-0.2, -0.15) is 0 Å². The second kappa shape index (κ2) is 6.06. The van der Waals surface area contributed by atoms with Crippen molar-refractivity contribution >= 4 is 17.0 Å². The minimum atomic E-state index is -0.0663. The third-order valence-electron chi connectivity index (χ3n) is 3.49. The van der Waals surface area contributed by atoms with Gasteiger partial charge in [-0.1, -0.05) is 12.2 Å². The Morgan fingerprint density at radius 1 is 1.13 bits per heavy atom. The maximum absolute atomic E-state index is 9.98. The molecule has 1 aromatic heterocycles. The van der Waals surface area contributed by atoms with Crippen LogP contribution < -0.4 is 4.74 Å². The SMILES string of the molecule is COc1cc(/C=C/CO)cc2cc(-c3ccc(O)cc3O)oc12. The number of methoxy groups -OCH3 is 1. The van der Waals surface area contributed by atoms with Crippen LogP contribution in [0.5, 0.6) is 17.2 Å². The van der Waals surface area contributed by atoms with Crippen LogP contribution in [0.2, 0.25) is 0 Å². The lowest BCUT2D eigenvalue weighted by molar-refractivity contribution is 0.343. The van der Waals surface area contributed by atoms with Gasteiger partial charge in [-0.15, -0.1) is 0 Å². The minimum Gasteiger partial charge on any atom is -0.508 e. The van der Waals surface area contributed by atoms with Gasteiger partial charge in [0.25, 0.3) is 0 Å². The summed E-state index contributed by atoms with van der Waals surface area (Å²) in [5.41, 5.74) is 1.91. The van der Waals surface area contributed by atoms with Gasteiger partial charge in [-0.3, -0.25) is 0 Å². The maximum Gasteiger partial charge on any atom is 0.176 e. The van der Waals surface area contributed by atoms with E-state index in [9.17, 15) is 10.2 Å². The van der Waals surface area contributed by atoms with E-state index in [1.54, 1.807) is 37.5 Å². The summed E-state index contributed by atoms with van der Waals surface area (Å²) in [6.45, 7) is -0.0433. The number of aromatic hydroxyl groups is 2. The summed E-state index contributed by atoms with van der Waals surface area (Å²) in [6, 6.07) is 9.82. The second-order valence-corrected chi connectivity index (χ2v) is 5.04. The number of ether oxygens (including phenoxy) is 1. The average Bonchev–Trinajstić information content (AvgIpc) is 2.95. The first-order chi connectivity index (χ1) is 11.1. The summed E-state index contributed by atoms with van der Waals surface area (Å²) in [5, 5.41) is 29.1. The normalized spacial score (nSPS) is 11.4. The minimum absolute atomic E-state index is 0.0173. The zero-order chi connectivity index (χ0) is 16.4. The lowest BCUT2D eigenvalue weighted by Crippen LogP contribution is -1.84. The molecule has 0 bridgehead atoms. The molecule has 0 unspecified atom stereocenters. The number of phenolic OH excluding ortho intramolecular Hbond substituents is 2. The van der Waals surface area contributed by atoms with Gasteiger partial charge in [0, 0.05) is 11.5 Å². The number of furan rings is 1. The van der Waals surface area contributed by atoms with Gasteiger partial charge < -0.3 is 24.5 Å². The van der Waals surface area contributed by atoms with Crippen molar-refractivity contribution in [2.75, 3.05) is 13.7 Å². The average molecular weight is 312 g/mol. The Hall–Kier alpha value is -2.92. The molecule has 0 spiro atoms. The number of benzene rings is 2. The fourth-order valence-corrected chi connectivity index (χ4v) is 2.44. The molecule has 0 aliphatic carbocycles. The summed E-state index contributed by atoms with van der Waals surface area (Å²) >= 11 is 0. The van der Waals surface area contributed by atoms with Crippen LogP contribution in [0.3, 0.4) is 0 Å². The van der Waals surface area contributed by atoms with Crippen molar-refractivity contribution in [3.05, 3.63) is 48.0 Å². The summed E-state index contributed by atoms with van der Waals surface area (Å²) in [7, 11) is 1.55. The summed E-state index contributed by atoms with van der Waals surface area (Å²) in [4.78, 5) is 0. The van der Waals surface area contributed by atoms with Crippen LogP contribution in [-0.4, -0.2) is 29.0 Å². The fraction of sp³-hybridized carbons (Fsp3) is 0.111. The Kier molecular flexibility index (Phi) is 3.95. The van der Waals surface area contributed by atoms with Gasteiger partial charge in [0.05, 0.1) is 19.3 Å². The van der Waals surface area contributed by atoms with Crippen LogP contribution in [0.4, 0.5) is 0 Å². The molecule has 0 radical (unpaired) electrons. The Morgan fingerprint density at radius 3 is 2.65 bits per heavy atom. The van der Waals surface area contributed by atoms with Crippen LogP contribution in [0, 0.1) is 0 Å². The molecule has 0 saturated carbocycles. The van der Waals surface area contributed by atoms with E-state index in [0.717, 1.165) is 10.9 Å². The molecule has 1 heterocycles. The van der Waals surface area contributed by atoms with E-state index >= 15 is 0 Å². The molecule has 3 rings (SSSR count). The van der Waals surface area contributed by atoms with Gasteiger partial charge in [0.15, 0.2) is 11.3 Å². The topological polar surface area (TPSA) is 83.1 Å². The fourth-order valence-electron chi connectivity index (χ4n) is 2.44. The van der Waals surface area contributed by atoms with Crippen LogP contribution in [0.15, 0.2) is 46.9 Å². The van der Waals surface area contributed by atoms with Crippen LogP contribution in [0.25, 0.3) is 28.4 Å². The summed E-state index contributed by atoms with van der Waals surface area (Å²) < 4.78 is 11.2. The molecule has 118 valence electrons. The van der Waals surface area contributed by atoms with E-state index < -0.39 is 0 Å². The summed E-state index contributed by atoms with van der Waals surface area (Å²) in [5.74, 6) is 0.948. The monoisotopic (exact) mass is 312 g/mol. The number of rotatable bonds is 4. The first kappa shape index (κ1) is 15.0. The van der Waals surface area contributed by atoms with E-state index in [2.05, 4.69) is 0 Å². The van der Waals surface area contributed by atoms with Crippen LogP contribution >= 0.6 is 0 Å². The standard InChI is InChI=1S/C18H16O5/c1-22-17-8-11(3-2-6-19)7-12-9-16(23-18(12)17)14-5-4-13(20)10-15(14)21/h2-5,7-10,19-21H,6H2,1H3/b3-2+. The van der Waals surface area contributed by atoms with E-state index in [1.807, 2.05) is 6.07 Å². The molecule has 0 aliphatic rings. The smallest absolute Gasteiger partial charge is 0.176 e. The molecular weight excluding hydrogens is 296 g/mol. The lowest BCUT2D eigenvalue weighted by Gasteiger charge is -2.03. The lowest BCUT2D eigenvalue weighted by atomic mass is 10.1. The van der Waals surface area contributed by atoms with Crippen molar-refractivity contribution in [1.29, 1.82) is 0 Å². The molecular formula is C18H16O5. The van der Waals surface area contributed by atoms with E-state index in [4.69, 9.17) is 14.3 Å². The molecule has 0 atom stereocenters. The van der Waals surface area contributed by atoms with Gasteiger partial charge in [-0.25, -0.2) is 0 Å². The van der Waals surface area contributed by atoms with Crippen molar-refractivity contribution < 1.29 is 24.5 Å². The number of aliphatic hydroxyl groups excluding tert-OH is 1. The largest absolute Gasteiger partial charge is 0.508 e. The number of fused-ring (bicyclic) bond motifs is 1. The van der Waals surface area contributed by atoms with Crippen molar-refractivity contribution in [1.82, 2.24) is 0 Å². The highest BCUT2D eigenvalue weighted by molar-refractivity contribution is 5.90. The third-order valence-corrected chi connectivity index (χ3v) is 3.49. The molecule has 23 heavy (non-hydrogen) atoms. The molecule has 3 aromatic rings. The molecule has 3 N–H and O–H groups in total. The predicted molar refractivity (Wildman–Crippen MR) is 87.7 cm³/mol. The molecule has 0 fully saturated rings. The number of hydrogen-bond acceptors (Lipinski definition) is 5. The molecule has 0 amide bonds. The highest BCUT2D eigenvalue weighted by atomic mass is 16.5. The molecule has 5 heteroatoms. The number of hydrogen-bond donors (Lipinski definition) is 3. The van der Waals surface area contributed by atoms with Crippen molar-refractivity contribution in [2.45, 2.75) is 0 Å². The zero-order valence-corrected chi connectivity index (χ0v) is 12.5. The van der Waals surface area contributed by atoms with Crippen molar-refractivity contribution in [2.24, 2.45) is 0 Å². The van der Waals surface area contributed by atoms with Gasteiger partial charge in [-0.05, 0) is 35.9 Å². The highest BCUT2D eigenvalue weighted by Gasteiger charge is 2.14. The maximum atomic E-state index is 9.98. The van der Waals surface area contributed by atoms with Gasteiger partial charge >= 0.3 is 0 Å². The van der Waals surface area contributed by atoms with Crippen LogP contribution in [0.1, 0.15) is 5.56 Å². The highest BCUT2D eigenvalue weighted by Crippen LogP contribution is 2.38. The number of aliphatic hydroxyl groups is 1. The molecule has 2 aromatic carbocycles. The second-order valence-electron chi connectivity index (χ2n) is 5.04. The van der Waals surface area contributed by atoms with E-state index in [-0.39, 0.29) is 18.1 Å². The Labute approximate surface area is 132 Å². The van der Waals surface area contributed by atoms with Crippen molar-refractivity contribution in [3.8, 4) is 28.6 Å². The Bertz CT molecular complexity index is 876. The predicted octanol–water partition coefficient (Wildman–Crippen LogP) is 3.53. The van der Waals surface area contributed by atoms with Gasteiger partial charge in [0.1, 0.15) is 17.3 Å². The zero-order valence-electron chi connectivity index (χ0n) is 12.5. The van der Waals surface area contributed by atoms with E-state index in [0.29, 0.717) is 22.7 Å². The quantitative estimate of drug-likeness (QED) is 0.686. The van der Waals surface area contributed by atoms with Crippen molar-refractivity contribution in [3.63, 3.8) is 0 Å². The summed E-state index contributed by atoms with van der Waals surface area (Å²) in [6.07, 6.45) is 3.42. The number of phenols is 2. The van der Waals surface area contributed by atoms with E-state index in [1.165, 1.54) is 12.1 Å². The van der Waals surface area contributed by atoms with Crippen LogP contribution in [-0.2, 0) is 0 Å². The Morgan fingerprint density at radius 2 is 1.96 bits per heavy atom. The Balaban J connectivity index is 2.15. The third kappa shape index (κ3) is 2.86. The van der Waals surface area contributed by atoms with Gasteiger partial charge in [0.2, 0.25) is 0 Å². The molecule has 0 saturated heterocycles.